The molecule has 3 rings (SSSR count). The number of halogens is 1. The Kier molecular flexibility index (Phi) is 4.38. The van der Waals surface area contributed by atoms with E-state index in [4.69, 9.17) is 11.6 Å². The number of carbonyl (C=O) groups is 2. The summed E-state index contributed by atoms with van der Waals surface area (Å²) in [5.74, 6) is 0.306. The summed E-state index contributed by atoms with van der Waals surface area (Å²) in [6, 6.07) is 6.59. The molecule has 2 N–H and O–H groups in total. The molecule has 8 heteroatoms. The van der Waals surface area contributed by atoms with E-state index in [1.807, 2.05) is 4.90 Å². The molecule has 1 aliphatic rings. The zero-order chi connectivity index (χ0) is 16.2. The van der Waals surface area contributed by atoms with E-state index in [9.17, 15) is 9.59 Å². The lowest BCUT2D eigenvalue weighted by molar-refractivity contribution is -0.120. The van der Waals surface area contributed by atoms with E-state index < -0.39 is 0 Å². The number of piperazine rings is 1. The van der Waals surface area contributed by atoms with Crippen molar-refractivity contribution in [2.75, 3.05) is 29.9 Å². The first-order valence-corrected chi connectivity index (χ1v) is 7.40. The Bertz CT molecular complexity index is 735. The van der Waals surface area contributed by atoms with Gasteiger partial charge in [-0.1, -0.05) is 11.6 Å². The minimum absolute atomic E-state index is 0.0255. The number of amides is 2. The van der Waals surface area contributed by atoms with Gasteiger partial charge in [0.1, 0.15) is 11.5 Å². The van der Waals surface area contributed by atoms with Gasteiger partial charge in [-0.05, 0) is 24.3 Å². The standard InChI is InChI=1S/C15H14ClN5O2/c16-10-3-4-17-12(7-10)15(23)20-11-1-2-13(19-8-11)21-6-5-18-14(22)9-21/h1-4,7-8H,5-6,9H2,(H,18,22)(H,20,23). The fraction of sp³-hybridized carbons (Fsp3) is 0.200. The van der Waals surface area contributed by atoms with Crippen LogP contribution in [0.5, 0.6) is 0 Å². The van der Waals surface area contributed by atoms with Gasteiger partial charge in [0.2, 0.25) is 5.91 Å². The average molecular weight is 332 g/mol. The minimum atomic E-state index is -0.362. The molecule has 0 aliphatic carbocycles. The average Bonchev–Trinajstić information content (AvgIpc) is 2.55. The molecule has 0 bridgehead atoms. The normalized spacial score (nSPS) is 14.3. The fourth-order valence-electron chi connectivity index (χ4n) is 2.21. The van der Waals surface area contributed by atoms with Gasteiger partial charge in [0.05, 0.1) is 18.4 Å². The highest BCUT2D eigenvalue weighted by Crippen LogP contribution is 2.16. The second-order valence-corrected chi connectivity index (χ2v) is 5.43. The molecule has 2 amide bonds. The first kappa shape index (κ1) is 15.2. The van der Waals surface area contributed by atoms with Crippen LogP contribution in [0.25, 0.3) is 0 Å². The number of anilines is 2. The number of carbonyl (C=O) groups excluding carboxylic acids is 2. The zero-order valence-electron chi connectivity index (χ0n) is 12.1. The van der Waals surface area contributed by atoms with E-state index in [1.165, 1.54) is 12.3 Å². The monoisotopic (exact) mass is 331 g/mol. The van der Waals surface area contributed by atoms with Crippen LogP contribution in [-0.4, -0.2) is 41.4 Å². The van der Waals surface area contributed by atoms with Crippen molar-refractivity contribution in [2.45, 2.75) is 0 Å². The van der Waals surface area contributed by atoms with E-state index in [2.05, 4.69) is 20.6 Å². The number of aromatic nitrogens is 2. The van der Waals surface area contributed by atoms with Crippen LogP contribution >= 0.6 is 11.6 Å². The molecule has 23 heavy (non-hydrogen) atoms. The summed E-state index contributed by atoms with van der Waals surface area (Å²) < 4.78 is 0. The molecule has 0 saturated carbocycles. The van der Waals surface area contributed by atoms with Crippen molar-refractivity contribution in [3.8, 4) is 0 Å². The van der Waals surface area contributed by atoms with Gasteiger partial charge in [0.25, 0.3) is 5.91 Å². The Hall–Kier alpha value is -2.67. The largest absolute Gasteiger partial charge is 0.353 e. The van der Waals surface area contributed by atoms with Crippen molar-refractivity contribution in [1.29, 1.82) is 0 Å². The third-order valence-electron chi connectivity index (χ3n) is 3.32. The van der Waals surface area contributed by atoms with Crippen molar-refractivity contribution in [2.24, 2.45) is 0 Å². The maximum Gasteiger partial charge on any atom is 0.274 e. The molecule has 0 atom stereocenters. The van der Waals surface area contributed by atoms with Crippen molar-refractivity contribution in [3.63, 3.8) is 0 Å². The molecule has 1 saturated heterocycles. The second kappa shape index (κ2) is 6.62. The number of hydrogen-bond donors (Lipinski definition) is 2. The summed E-state index contributed by atoms with van der Waals surface area (Å²) in [6.45, 7) is 1.58. The molecule has 0 unspecified atom stereocenters. The third-order valence-corrected chi connectivity index (χ3v) is 3.56. The number of nitrogens with zero attached hydrogens (tertiary/aromatic N) is 3. The fourth-order valence-corrected chi connectivity index (χ4v) is 2.36. The highest BCUT2D eigenvalue weighted by atomic mass is 35.5. The first-order chi connectivity index (χ1) is 11.1. The molecular weight excluding hydrogens is 318 g/mol. The molecule has 1 fully saturated rings. The molecule has 0 radical (unpaired) electrons. The molecule has 2 aromatic rings. The van der Waals surface area contributed by atoms with Crippen LogP contribution in [-0.2, 0) is 4.79 Å². The van der Waals surface area contributed by atoms with E-state index in [0.717, 1.165) is 0 Å². The molecule has 118 valence electrons. The van der Waals surface area contributed by atoms with Gasteiger partial charge in [-0.25, -0.2) is 4.98 Å². The van der Waals surface area contributed by atoms with Crippen LogP contribution in [0.2, 0.25) is 5.02 Å². The molecule has 0 spiro atoms. The van der Waals surface area contributed by atoms with E-state index in [1.54, 1.807) is 24.4 Å². The maximum atomic E-state index is 12.1. The van der Waals surface area contributed by atoms with Gasteiger partial charge in [0, 0.05) is 24.3 Å². The smallest absolute Gasteiger partial charge is 0.274 e. The SMILES string of the molecule is O=C1CN(c2ccc(NC(=O)c3cc(Cl)ccn3)cn2)CCN1. The Labute approximate surface area is 137 Å². The summed E-state index contributed by atoms with van der Waals surface area (Å²) in [7, 11) is 0. The van der Waals surface area contributed by atoms with Crippen LogP contribution in [0.4, 0.5) is 11.5 Å². The Morgan fingerprint density at radius 3 is 2.87 bits per heavy atom. The Morgan fingerprint density at radius 1 is 1.30 bits per heavy atom. The van der Waals surface area contributed by atoms with Crippen molar-refractivity contribution in [1.82, 2.24) is 15.3 Å². The predicted octanol–water partition coefficient (Wildman–Crippen LogP) is 1.32. The van der Waals surface area contributed by atoms with Crippen LogP contribution in [0.1, 0.15) is 10.5 Å². The van der Waals surface area contributed by atoms with E-state index in [0.29, 0.717) is 29.6 Å². The predicted molar refractivity (Wildman–Crippen MR) is 86.7 cm³/mol. The number of pyridine rings is 2. The number of hydrogen-bond acceptors (Lipinski definition) is 5. The summed E-state index contributed by atoms with van der Waals surface area (Å²) in [5, 5.41) is 5.91. The van der Waals surface area contributed by atoms with Crippen LogP contribution in [0.3, 0.4) is 0 Å². The van der Waals surface area contributed by atoms with Gasteiger partial charge in [0.15, 0.2) is 0 Å². The summed E-state index contributed by atoms with van der Waals surface area (Å²) in [6.07, 6.45) is 3.02. The molecular formula is C15H14ClN5O2. The summed E-state index contributed by atoms with van der Waals surface area (Å²) in [4.78, 5) is 33.6. The van der Waals surface area contributed by atoms with Crippen molar-refractivity contribution in [3.05, 3.63) is 47.4 Å². The molecule has 7 nitrogen and oxygen atoms in total. The maximum absolute atomic E-state index is 12.1. The summed E-state index contributed by atoms with van der Waals surface area (Å²) >= 11 is 5.84. The molecule has 0 aromatic carbocycles. The molecule has 1 aliphatic heterocycles. The van der Waals surface area contributed by atoms with Gasteiger partial charge in [-0.3, -0.25) is 14.6 Å². The highest BCUT2D eigenvalue weighted by Gasteiger charge is 2.17. The Balaban J connectivity index is 1.67. The van der Waals surface area contributed by atoms with Crippen LogP contribution in [0, 0.1) is 0 Å². The Morgan fingerprint density at radius 2 is 2.17 bits per heavy atom. The van der Waals surface area contributed by atoms with Crippen LogP contribution in [0.15, 0.2) is 36.7 Å². The number of nitrogens with one attached hydrogen (secondary N) is 2. The van der Waals surface area contributed by atoms with Crippen LogP contribution < -0.4 is 15.5 Å². The molecule has 2 aromatic heterocycles. The van der Waals surface area contributed by atoms with Crippen molar-refractivity contribution >= 4 is 34.9 Å². The first-order valence-electron chi connectivity index (χ1n) is 7.02. The quantitative estimate of drug-likeness (QED) is 0.885. The lowest BCUT2D eigenvalue weighted by Crippen LogP contribution is -2.48. The van der Waals surface area contributed by atoms with Crippen molar-refractivity contribution < 1.29 is 9.59 Å². The topological polar surface area (TPSA) is 87.2 Å². The molecule has 3 heterocycles. The zero-order valence-corrected chi connectivity index (χ0v) is 12.9. The van der Waals surface area contributed by atoms with Gasteiger partial charge in [-0.15, -0.1) is 0 Å². The minimum Gasteiger partial charge on any atom is -0.353 e. The van der Waals surface area contributed by atoms with E-state index >= 15 is 0 Å². The van der Waals surface area contributed by atoms with E-state index in [-0.39, 0.29) is 24.1 Å². The highest BCUT2D eigenvalue weighted by molar-refractivity contribution is 6.30. The van der Waals surface area contributed by atoms with Gasteiger partial charge in [-0.2, -0.15) is 0 Å². The lowest BCUT2D eigenvalue weighted by Gasteiger charge is -2.27. The summed E-state index contributed by atoms with van der Waals surface area (Å²) in [5.41, 5.74) is 0.774. The van der Waals surface area contributed by atoms with Gasteiger partial charge < -0.3 is 15.5 Å². The second-order valence-electron chi connectivity index (χ2n) is 4.99. The number of rotatable bonds is 3. The third kappa shape index (κ3) is 3.75. The van der Waals surface area contributed by atoms with Gasteiger partial charge >= 0.3 is 0 Å². The lowest BCUT2D eigenvalue weighted by atomic mass is 10.3.